The number of hydrogen-bond acceptors (Lipinski definition) is 8. The number of phenolic OH excluding ortho intramolecular Hbond substituents is 2. The van der Waals surface area contributed by atoms with Gasteiger partial charge in [0.05, 0.1) is 11.4 Å². The largest absolute Gasteiger partial charge is 2.00 e. The summed E-state index contributed by atoms with van der Waals surface area (Å²) in [7, 11) is 0. The second-order valence-electron chi connectivity index (χ2n) is 15.9. The van der Waals surface area contributed by atoms with Crippen LogP contribution in [0.25, 0.3) is 0 Å². The van der Waals surface area contributed by atoms with Crippen LogP contribution in [0.15, 0.2) is 58.5 Å². The van der Waals surface area contributed by atoms with E-state index >= 15 is 0 Å². The Kier molecular flexibility index (Phi) is 16.2. The van der Waals surface area contributed by atoms with E-state index in [1.165, 1.54) is 0 Å². The van der Waals surface area contributed by atoms with Crippen molar-refractivity contribution in [2.75, 3.05) is 0 Å². The third-order valence-corrected chi connectivity index (χ3v) is 7.16. The number of phenols is 2. The molecule has 0 saturated heterocycles. The van der Waals surface area contributed by atoms with E-state index in [-0.39, 0.29) is 49.9 Å². The van der Waals surface area contributed by atoms with Crippen molar-refractivity contribution in [3.8, 4) is 11.5 Å². The maximum Gasteiger partial charge on any atom is 2.00 e. The fraction of sp³-hybridized carbons (Fsp3) is 0.450. The van der Waals surface area contributed by atoms with Gasteiger partial charge in [0.2, 0.25) is 0 Å². The van der Waals surface area contributed by atoms with Gasteiger partial charge < -0.3 is 30.0 Å². The van der Waals surface area contributed by atoms with Crippen molar-refractivity contribution in [3.63, 3.8) is 0 Å². The van der Waals surface area contributed by atoms with Gasteiger partial charge in [-0.2, -0.15) is 0 Å². The summed E-state index contributed by atoms with van der Waals surface area (Å²) in [5.41, 5.74) is 6.46. The van der Waals surface area contributed by atoms with Crippen LogP contribution in [-0.2, 0) is 48.0 Å². The van der Waals surface area contributed by atoms with Gasteiger partial charge in [-0.1, -0.05) is 101 Å². The summed E-state index contributed by atoms with van der Waals surface area (Å²) in [6.07, 6.45) is 3.47. The second-order valence-corrected chi connectivity index (χ2v) is 15.9. The summed E-state index contributed by atoms with van der Waals surface area (Å²) in [5, 5.41) is 40.0. The SMILES string of the molecule is CC(=O)[O-].CC(=O)[O-].CC(C)(C)c1cc(C=Nc2cccc(N=Cc3cc(C(C)(C)C)cc(C(C)(C)C)c3O)c2)c(O)c(C(C)(C)C)c1.[Co+2]. The molecule has 0 aliphatic carbocycles. The van der Waals surface area contributed by atoms with Crippen molar-refractivity contribution in [2.24, 2.45) is 9.98 Å². The number of aliphatic imine (C=N–C) groups is 2. The summed E-state index contributed by atoms with van der Waals surface area (Å²) in [4.78, 5) is 27.2. The summed E-state index contributed by atoms with van der Waals surface area (Å²) in [5.74, 6) is -1.63. The summed E-state index contributed by atoms with van der Waals surface area (Å²) in [6.45, 7) is 27.6. The third-order valence-electron chi connectivity index (χ3n) is 7.16. The first-order chi connectivity index (χ1) is 21.6. The van der Waals surface area contributed by atoms with Gasteiger partial charge in [-0.3, -0.25) is 9.98 Å². The summed E-state index contributed by atoms with van der Waals surface area (Å²) in [6, 6.07) is 15.9. The number of benzene rings is 3. The molecule has 2 N–H and O–H groups in total. The van der Waals surface area contributed by atoms with Crippen LogP contribution >= 0.6 is 0 Å². The van der Waals surface area contributed by atoms with Gasteiger partial charge in [0, 0.05) is 46.6 Å². The zero-order valence-electron chi connectivity index (χ0n) is 31.5. The fourth-order valence-corrected chi connectivity index (χ4v) is 4.46. The van der Waals surface area contributed by atoms with E-state index in [4.69, 9.17) is 29.8 Å². The molecule has 0 heterocycles. The Morgan fingerprint density at radius 2 is 0.857 bits per heavy atom. The Bertz CT molecular complexity index is 1520. The van der Waals surface area contributed by atoms with Crippen LogP contribution in [0.1, 0.15) is 130 Å². The first kappa shape index (κ1) is 45.0. The van der Waals surface area contributed by atoms with Crippen LogP contribution in [0.4, 0.5) is 11.4 Å². The van der Waals surface area contributed by atoms with Gasteiger partial charge in [0.25, 0.3) is 0 Å². The molecule has 0 aliphatic rings. The molecule has 8 nitrogen and oxygen atoms in total. The zero-order valence-corrected chi connectivity index (χ0v) is 32.6. The minimum absolute atomic E-state index is 0. The number of carbonyl (C=O) groups is 2. The minimum Gasteiger partial charge on any atom is -0.550 e. The van der Waals surface area contributed by atoms with Gasteiger partial charge >= 0.3 is 16.8 Å². The Hall–Kier alpha value is -3.95. The van der Waals surface area contributed by atoms with Gasteiger partial charge in [0.15, 0.2) is 0 Å². The van der Waals surface area contributed by atoms with Crippen molar-refractivity contribution in [1.82, 2.24) is 0 Å². The minimum atomic E-state index is -1.08. The van der Waals surface area contributed by atoms with Crippen LogP contribution in [-0.4, -0.2) is 34.6 Å². The van der Waals surface area contributed by atoms with Crippen molar-refractivity contribution in [3.05, 3.63) is 81.9 Å². The van der Waals surface area contributed by atoms with Crippen molar-refractivity contribution in [1.29, 1.82) is 0 Å². The molecule has 9 heteroatoms. The van der Waals surface area contributed by atoms with E-state index < -0.39 is 11.9 Å². The molecule has 0 spiro atoms. The van der Waals surface area contributed by atoms with Crippen LogP contribution in [0.2, 0.25) is 0 Å². The second kappa shape index (κ2) is 17.6. The van der Waals surface area contributed by atoms with Crippen molar-refractivity contribution < 1.29 is 46.8 Å². The molecule has 0 aromatic heterocycles. The first-order valence-corrected chi connectivity index (χ1v) is 15.9. The number of hydrogen-bond donors (Lipinski definition) is 2. The Balaban J connectivity index is 0.00000230. The van der Waals surface area contributed by atoms with Crippen LogP contribution in [0.5, 0.6) is 11.5 Å². The predicted molar refractivity (Wildman–Crippen MR) is 193 cm³/mol. The number of carboxylic acids is 2. The Labute approximate surface area is 303 Å². The Morgan fingerprint density at radius 3 is 1.10 bits per heavy atom. The van der Waals surface area contributed by atoms with Crippen LogP contribution in [0, 0.1) is 0 Å². The molecular weight excluding hydrogens is 663 g/mol. The van der Waals surface area contributed by atoms with E-state index in [1.807, 2.05) is 36.4 Å². The summed E-state index contributed by atoms with van der Waals surface area (Å²) < 4.78 is 0. The van der Waals surface area contributed by atoms with Crippen LogP contribution < -0.4 is 10.2 Å². The van der Waals surface area contributed by atoms with Gasteiger partial charge in [-0.15, -0.1) is 0 Å². The number of aromatic hydroxyl groups is 2. The zero-order chi connectivity index (χ0) is 37.4. The molecular formula is C40H54CoN2O6. The van der Waals surface area contributed by atoms with Crippen molar-refractivity contribution in [2.45, 2.75) is 119 Å². The monoisotopic (exact) mass is 717 g/mol. The number of nitrogens with zero attached hydrogens (tertiary/aromatic N) is 2. The number of carbonyl (C=O) groups excluding carboxylic acids is 2. The number of carboxylic acid groups (broad SMARTS) is 2. The van der Waals surface area contributed by atoms with Gasteiger partial charge in [0.1, 0.15) is 11.5 Å². The van der Waals surface area contributed by atoms with E-state index in [2.05, 4.69) is 95.2 Å². The van der Waals surface area contributed by atoms with Crippen molar-refractivity contribution >= 4 is 35.7 Å². The average Bonchev–Trinajstić information content (AvgIpc) is 2.89. The molecule has 0 atom stereocenters. The molecule has 0 bridgehead atoms. The molecule has 49 heavy (non-hydrogen) atoms. The van der Waals surface area contributed by atoms with E-state index in [9.17, 15) is 10.2 Å². The average molecular weight is 718 g/mol. The fourth-order valence-electron chi connectivity index (χ4n) is 4.46. The molecule has 3 rings (SSSR count). The molecule has 0 saturated carbocycles. The van der Waals surface area contributed by atoms with E-state index in [1.54, 1.807) is 12.4 Å². The molecule has 0 unspecified atom stereocenters. The van der Waals surface area contributed by atoms with E-state index in [0.717, 1.165) is 47.5 Å². The standard InChI is InChI=1S/C36H48N2O2.2C2H4O2.Co/c1-33(2,3)25-16-23(31(39)29(18-25)35(7,8)9)21-37-27-14-13-15-28(20-27)38-22-24-17-26(34(4,5)6)19-30(32(24)40)36(10,11)12;2*1-2(3)4;/h13-22,39-40H,1-12H3;2*1H3,(H,3,4);/q;;;+2/p-2. The molecule has 0 fully saturated rings. The number of aliphatic carboxylic acids is 2. The molecule has 3 aromatic carbocycles. The maximum absolute atomic E-state index is 11.1. The quantitative estimate of drug-likeness (QED) is 0.271. The van der Waals surface area contributed by atoms with Gasteiger partial charge in [-0.25, -0.2) is 0 Å². The van der Waals surface area contributed by atoms with Crippen LogP contribution in [0.3, 0.4) is 0 Å². The smallest absolute Gasteiger partial charge is 0.550 e. The van der Waals surface area contributed by atoms with Gasteiger partial charge in [-0.05, 0) is 77.0 Å². The molecule has 0 amide bonds. The molecule has 0 aliphatic heterocycles. The van der Waals surface area contributed by atoms with E-state index in [0.29, 0.717) is 11.1 Å². The summed E-state index contributed by atoms with van der Waals surface area (Å²) >= 11 is 0. The third kappa shape index (κ3) is 15.0. The Morgan fingerprint density at radius 1 is 0.571 bits per heavy atom. The first-order valence-electron chi connectivity index (χ1n) is 15.9. The normalized spacial score (nSPS) is 12.0. The molecule has 269 valence electrons. The predicted octanol–water partition coefficient (Wildman–Crippen LogP) is 7.30. The molecule has 3 aromatic rings. The maximum atomic E-state index is 11.1. The topological polar surface area (TPSA) is 145 Å². The number of rotatable bonds is 4. The molecule has 1 radical (unpaired) electrons.